The fourth-order valence-corrected chi connectivity index (χ4v) is 1.71. The summed E-state index contributed by atoms with van der Waals surface area (Å²) in [6.45, 7) is 4.28. The molecule has 2 aromatic heterocycles. The summed E-state index contributed by atoms with van der Waals surface area (Å²) in [7, 11) is 0. The minimum atomic E-state index is 0.474. The molecule has 2 rings (SSSR count). The molecule has 2 N–H and O–H groups in total. The monoisotopic (exact) mass is 220 g/mol. The molecule has 0 fully saturated rings. The lowest BCUT2D eigenvalue weighted by molar-refractivity contribution is 0.863. The predicted octanol–water partition coefficient (Wildman–Crippen LogP) is 2.31. The lowest BCUT2D eigenvalue weighted by atomic mass is 10.0. The molecule has 2 aromatic rings. The lowest BCUT2D eigenvalue weighted by Gasteiger charge is -2.04. The Morgan fingerprint density at radius 3 is 2.80 bits per heavy atom. The highest BCUT2D eigenvalue weighted by Gasteiger charge is 2.07. The van der Waals surface area contributed by atoms with Crippen molar-refractivity contribution in [2.75, 3.05) is 5.73 Å². The summed E-state index contributed by atoms with van der Waals surface area (Å²) >= 11 is 1.19. The quantitative estimate of drug-likeness (QED) is 0.843. The largest absolute Gasteiger partial charge is 0.374 e. The first-order valence-corrected chi connectivity index (χ1v) is 5.49. The third-order valence-electron chi connectivity index (χ3n) is 2.12. The number of anilines is 1. The van der Waals surface area contributed by atoms with Gasteiger partial charge in [0.25, 0.3) is 0 Å². The van der Waals surface area contributed by atoms with E-state index in [4.69, 9.17) is 5.73 Å². The van der Waals surface area contributed by atoms with Gasteiger partial charge in [-0.1, -0.05) is 13.8 Å². The van der Waals surface area contributed by atoms with E-state index in [0.29, 0.717) is 16.9 Å². The molecule has 5 heteroatoms. The number of nitrogens with two attached hydrogens (primary N) is 1. The van der Waals surface area contributed by atoms with Gasteiger partial charge in [0.15, 0.2) is 11.0 Å². The van der Waals surface area contributed by atoms with Crippen molar-refractivity contribution in [1.29, 1.82) is 0 Å². The van der Waals surface area contributed by atoms with Gasteiger partial charge in [-0.05, 0) is 23.6 Å². The molecular weight excluding hydrogens is 208 g/mol. The predicted molar refractivity (Wildman–Crippen MR) is 61.6 cm³/mol. The summed E-state index contributed by atoms with van der Waals surface area (Å²) in [5, 5.41) is 0.474. The van der Waals surface area contributed by atoms with Crippen molar-refractivity contribution in [2.24, 2.45) is 0 Å². The SMILES string of the molecule is CC(C)c1ccnc(-c2nsc(N)n2)c1. The minimum Gasteiger partial charge on any atom is -0.374 e. The maximum Gasteiger partial charge on any atom is 0.200 e. The summed E-state index contributed by atoms with van der Waals surface area (Å²) < 4.78 is 4.13. The zero-order valence-electron chi connectivity index (χ0n) is 8.64. The summed E-state index contributed by atoms with van der Waals surface area (Å²) in [6.07, 6.45) is 1.78. The molecule has 0 aliphatic carbocycles. The van der Waals surface area contributed by atoms with Crippen LogP contribution in [0.3, 0.4) is 0 Å². The number of nitrogens with zero attached hydrogens (tertiary/aromatic N) is 3. The van der Waals surface area contributed by atoms with Gasteiger partial charge in [-0.2, -0.15) is 9.36 Å². The molecule has 0 bridgehead atoms. The van der Waals surface area contributed by atoms with Gasteiger partial charge in [-0.15, -0.1) is 0 Å². The van der Waals surface area contributed by atoms with Gasteiger partial charge in [0, 0.05) is 17.7 Å². The Bertz CT molecular complexity index is 464. The first-order chi connectivity index (χ1) is 7.16. The van der Waals surface area contributed by atoms with Crippen LogP contribution in [0, 0.1) is 0 Å². The zero-order valence-corrected chi connectivity index (χ0v) is 9.45. The van der Waals surface area contributed by atoms with Crippen LogP contribution in [0.2, 0.25) is 0 Å². The minimum absolute atomic E-state index is 0.474. The molecule has 15 heavy (non-hydrogen) atoms. The molecule has 0 saturated heterocycles. The first kappa shape index (κ1) is 10.0. The summed E-state index contributed by atoms with van der Waals surface area (Å²) in [6, 6.07) is 4.01. The zero-order chi connectivity index (χ0) is 10.8. The number of hydrogen-bond donors (Lipinski definition) is 1. The van der Waals surface area contributed by atoms with Crippen LogP contribution in [0.25, 0.3) is 11.5 Å². The van der Waals surface area contributed by atoms with Gasteiger partial charge in [0.2, 0.25) is 0 Å². The molecule has 0 unspecified atom stereocenters. The van der Waals surface area contributed by atoms with Crippen molar-refractivity contribution in [3.8, 4) is 11.5 Å². The smallest absolute Gasteiger partial charge is 0.200 e. The Balaban J connectivity index is 2.41. The van der Waals surface area contributed by atoms with Crippen molar-refractivity contribution in [3.63, 3.8) is 0 Å². The van der Waals surface area contributed by atoms with E-state index in [2.05, 4.69) is 28.2 Å². The van der Waals surface area contributed by atoms with Gasteiger partial charge in [-0.25, -0.2) is 0 Å². The second kappa shape index (κ2) is 3.94. The van der Waals surface area contributed by atoms with E-state index in [1.807, 2.05) is 12.1 Å². The van der Waals surface area contributed by atoms with Crippen molar-refractivity contribution >= 4 is 16.7 Å². The molecule has 0 spiro atoms. The van der Waals surface area contributed by atoms with E-state index >= 15 is 0 Å². The molecule has 0 radical (unpaired) electrons. The molecular formula is C10H12N4S. The third-order valence-corrected chi connectivity index (χ3v) is 2.66. The average Bonchev–Trinajstić information content (AvgIpc) is 2.65. The average molecular weight is 220 g/mol. The molecule has 78 valence electrons. The van der Waals surface area contributed by atoms with E-state index in [1.165, 1.54) is 17.1 Å². The second-order valence-electron chi connectivity index (χ2n) is 3.59. The number of aromatic nitrogens is 3. The molecule has 4 nitrogen and oxygen atoms in total. The number of hydrogen-bond acceptors (Lipinski definition) is 5. The van der Waals surface area contributed by atoms with Crippen molar-refractivity contribution < 1.29 is 0 Å². The van der Waals surface area contributed by atoms with E-state index < -0.39 is 0 Å². The Labute approximate surface area is 92.4 Å². The molecule has 0 aliphatic heterocycles. The van der Waals surface area contributed by atoms with Gasteiger partial charge >= 0.3 is 0 Å². The van der Waals surface area contributed by atoms with Gasteiger partial charge in [0.1, 0.15) is 5.69 Å². The maximum absolute atomic E-state index is 5.53. The van der Waals surface area contributed by atoms with Crippen LogP contribution in [0.5, 0.6) is 0 Å². The van der Waals surface area contributed by atoms with Crippen molar-refractivity contribution in [2.45, 2.75) is 19.8 Å². The van der Waals surface area contributed by atoms with E-state index in [9.17, 15) is 0 Å². The van der Waals surface area contributed by atoms with Crippen LogP contribution in [-0.4, -0.2) is 14.3 Å². The molecule has 0 aromatic carbocycles. The number of rotatable bonds is 2. The normalized spacial score (nSPS) is 10.9. The van der Waals surface area contributed by atoms with Gasteiger partial charge in [-0.3, -0.25) is 4.98 Å². The summed E-state index contributed by atoms with van der Waals surface area (Å²) in [5.74, 6) is 1.09. The standard InChI is InChI=1S/C10H12N4S/c1-6(2)7-3-4-12-8(5-7)9-13-10(11)15-14-9/h3-6H,1-2H3,(H2,11,13,14). The van der Waals surface area contributed by atoms with Crippen LogP contribution in [-0.2, 0) is 0 Å². The van der Waals surface area contributed by atoms with Crippen LogP contribution in [0.15, 0.2) is 18.3 Å². The molecule has 0 amide bonds. The fraction of sp³-hybridized carbons (Fsp3) is 0.300. The number of nitrogen functional groups attached to an aromatic ring is 1. The molecule has 0 saturated carbocycles. The van der Waals surface area contributed by atoms with Gasteiger partial charge in [0.05, 0.1) is 0 Å². The summed E-state index contributed by atoms with van der Waals surface area (Å²) in [5.41, 5.74) is 7.55. The highest BCUT2D eigenvalue weighted by Crippen LogP contribution is 2.21. The van der Waals surface area contributed by atoms with Crippen LogP contribution < -0.4 is 5.73 Å². The van der Waals surface area contributed by atoms with Crippen LogP contribution in [0.4, 0.5) is 5.13 Å². The fourth-order valence-electron chi connectivity index (χ4n) is 1.27. The summed E-state index contributed by atoms with van der Waals surface area (Å²) in [4.78, 5) is 8.34. The lowest BCUT2D eigenvalue weighted by Crippen LogP contribution is -1.92. The third kappa shape index (κ3) is 2.12. The Kier molecular flexibility index (Phi) is 2.64. The second-order valence-corrected chi connectivity index (χ2v) is 4.37. The highest BCUT2D eigenvalue weighted by atomic mass is 32.1. The highest BCUT2D eigenvalue weighted by molar-refractivity contribution is 7.09. The van der Waals surface area contributed by atoms with E-state index in [-0.39, 0.29) is 0 Å². The first-order valence-electron chi connectivity index (χ1n) is 4.72. The van der Waals surface area contributed by atoms with Crippen molar-refractivity contribution in [3.05, 3.63) is 23.9 Å². The Hall–Kier alpha value is -1.49. The topological polar surface area (TPSA) is 64.7 Å². The molecule has 2 heterocycles. The van der Waals surface area contributed by atoms with Gasteiger partial charge < -0.3 is 5.73 Å². The Morgan fingerprint density at radius 2 is 2.20 bits per heavy atom. The molecule has 0 aliphatic rings. The van der Waals surface area contributed by atoms with E-state index in [1.54, 1.807) is 6.20 Å². The Morgan fingerprint density at radius 1 is 1.40 bits per heavy atom. The van der Waals surface area contributed by atoms with Crippen LogP contribution >= 0.6 is 11.5 Å². The number of pyridine rings is 1. The maximum atomic E-state index is 5.53. The molecule has 0 atom stereocenters. The van der Waals surface area contributed by atoms with Crippen molar-refractivity contribution in [1.82, 2.24) is 14.3 Å². The van der Waals surface area contributed by atoms with Crippen LogP contribution in [0.1, 0.15) is 25.3 Å². The van der Waals surface area contributed by atoms with E-state index in [0.717, 1.165) is 5.69 Å².